The number of ether oxygens (including phenoxy) is 2. The van der Waals surface area contributed by atoms with E-state index in [1.807, 2.05) is 0 Å². The molecule has 1 amide bonds. The van der Waals surface area contributed by atoms with Gasteiger partial charge in [-0.05, 0) is 31.2 Å². The molecule has 182 valence electrons. The topological polar surface area (TPSA) is 129 Å². The lowest BCUT2D eigenvalue weighted by Gasteiger charge is -2.26. The highest BCUT2D eigenvalue weighted by molar-refractivity contribution is 9.10. The average molecular weight is 609 g/mol. The Morgan fingerprint density at radius 2 is 2.00 bits per heavy atom. The molecule has 1 saturated heterocycles. The molecule has 0 radical (unpaired) electrons. The molecule has 0 atom stereocenters. The van der Waals surface area contributed by atoms with Crippen molar-refractivity contribution in [3.05, 3.63) is 71.1 Å². The van der Waals surface area contributed by atoms with Gasteiger partial charge in [0.1, 0.15) is 5.82 Å². The van der Waals surface area contributed by atoms with E-state index in [-0.39, 0.29) is 22.9 Å². The highest BCUT2D eigenvalue weighted by atomic mass is 79.9. The summed E-state index contributed by atoms with van der Waals surface area (Å²) in [7, 11) is 0. The quantitative estimate of drug-likeness (QED) is 0.239. The molecule has 1 fully saturated rings. The number of rotatable bonds is 6. The summed E-state index contributed by atoms with van der Waals surface area (Å²) in [5.41, 5.74) is -0.0212. The Balaban J connectivity index is 1.71. The first kappa shape index (κ1) is 24.9. The SMILES string of the molecule is Cc1nc2ccc(Br)cc2c(=O)n1N=Cc1cc(Br)cc([N+](=O)[O-])c1OCC(=O)N1CCOCC1. The number of carbonyl (C=O) groups is 1. The smallest absolute Gasteiger partial charge is 0.312 e. The second kappa shape index (κ2) is 10.6. The average Bonchev–Trinajstić information content (AvgIpc) is 2.83. The third kappa shape index (κ3) is 5.57. The zero-order valence-electron chi connectivity index (χ0n) is 18.4. The van der Waals surface area contributed by atoms with Crippen LogP contribution in [0.1, 0.15) is 11.4 Å². The van der Waals surface area contributed by atoms with Crippen LogP contribution in [0.4, 0.5) is 5.69 Å². The molecule has 1 aliphatic rings. The lowest BCUT2D eigenvalue weighted by atomic mass is 10.2. The number of nitro groups is 1. The number of benzene rings is 2. The Morgan fingerprint density at radius 3 is 2.71 bits per heavy atom. The number of aromatic nitrogens is 2. The van der Waals surface area contributed by atoms with Crippen molar-refractivity contribution < 1.29 is 19.2 Å². The van der Waals surface area contributed by atoms with Crippen molar-refractivity contribution in [3.63, 3.8) is 0 Å². The van der Waals surface area contributed by atoms with Gasteiger partial charge in [-0.15, -0.1) is 0 Å². The molecule has 0 N–H and O–H groups in total. The minimum Gasteiger partial charge on any atom is -0.476 e. The normalized spacial score (nSPS) is 14.0. The van der Waals surface area contributed by atoms with Gasteiger partial charge >= 0.3 is 5.69 Å². The Kier molecular flexibility index (Phi) is 7.57. The van der Waals surface area contributed by atoms with E-state index in [0.29, 0.717) is 52.0 Å². The van der Waals surface area contributed by atoms with Crippen molar-refractivity contribution in [3.8, 4) is 5.75 Å². The molecule has 0 spiro atoms. The summed E-state index contributed by atoms with van der Waals surface area (Å²) in [4.78, 5) is 42.6. The van der Waals surface area contributed by atoms with Gasteiger partial charge in [-0.25, -0.2) is 4.98 Å². The van der Waals surface area contributed by atoms with Gasteiger partial charge in [-0.1, -0.05) is 31.9 Å². The number of amides is 1. The van der Waals surface area contributed by atoms with Crippen LogP contribution in [0.2, 0.25) is 0 Å². The van der Waals surface area contributed by atoms with Crippen LogP contribution in [0.3, 0.4) is 0 Å². The van der Waals surface area contributed by atoms with Gasteiger partial charge in [0.2, 0.25) is 5.75 Å². The van der Waals surface area contributed by atoms with Crippen LogP contribution < -0.4 is 10.3 Å². The fourth-order valence-electron chi connectivity index (χ4n) is 3.54. The monoisotopic (exact) mass is 607 g/mol. The molecule has 4 rings (SSSR count). The minimum absolute atomic E-state index is 0.134. The van der Waals surface area contributed by atoms with Gasteiger partial charge in [0, 0.05) is 33.7 Å². The molecule has 11 nitrogen and oxygen atoms in total. The standard InChI is InChI=1S/C22H19Br2N5O6/c1-13-26-18-3-2-15(23)9-17(18)22(31)28(13)25-11-14-8-16(24)10-19(29(32)33)21(14)35-12-20(30)27-4-6-34-7-5-27/h2-3,8-11H,4-7,12H2,1H3. The van der Waals surface area contributed by atoms with E-state index < -0.39 is 17.1 Å². The fourth-order valence-corrected chi connectivity index (χ4v) is 4.37. The summed E-state index contributed by atoms with van der Waals surface area (Å²) < 4.78 is 13.1. The van der Waals surface area contributed by atoms with Crippen LogP contribution in [-0.4, -0.2) is 64.5 Å². The van der Waals surface area contributed by atoms with Crippen LogP contribution in [0.25, 0.3) is 10.9 Å². The number of nitro benzene ring substituents is 1. The summed E-state index contributed by atoms with van der Waals surface area (Å²) >= 11 is 6.60. The molecule has 1 aliphatic heterocycles. The summed E-state index contributed by atoms with van der Waals surface area (Å²) in [6, 6.07) is 7.97. The highest BCUT2D eigenvalue weighted by Crippen LogP contribution is 2.34. The first-order chi connectivity index (χ1) is 16.7. The van der Waals surface area contributed by atoms with Gasteiger partial charge in [0.15, 0.2) is 6.61 Å². The lowest BCUT2D eigenvalue weighted by molar-refractivity contribution is -0.385. The third-order valence-corrected chi connectivity index (χ3v) is 6.20. The Hall–Kier alpha value is -3.16. The number of hydrogen-bond acceptors (Lipinski definition) is 8. The van der Waals surface area contributed by atoms with Gasteiger partial charge in [0.25, 0.3) is 11.5 Å². The minimum atomic E-state index is -0.608. The number of nitrogens with zero attached hydrogens (tertiary/aromatic N) is 5. The predicted molar refractivity (Wildman–Crippen MR) is 135 cm³/mol. The maximum absolute atomic E-state index is 13.0. The van der Waals surface area contributed by atoms with E-state index in [4.69, 9.17) is 9.47 Å². The van der Waals surface area contributed by atoms with Crippen molar-refractivity contribution in [1.82, 2.24) is 14.6 Å². The van der Waals surface area contributed by atoms with Gasteiger partial charge in [-0.3, -0.25) is 19.7 Å². The summed E-state index contributed by atoms with van der Waals surface area (Å²) in [6.07, 6.45) is 1.27. The van der Waals surface area contributed by atoms with E-state index in [1.165, 1.54) is 12.3 Å². The van der Waals surface area contributed by atoms with Crippen molar-refractivity contribution in [2.75, 3.05) is 32.9 Å². The third-order valence-electron chi connectivity index (χ3n) is 5.25. The maximum Gasteiger partial charge on any atom is 0.312 e. The molecule has 35 heavy (non-hydrogen) atoms. The largest absolute Gasteiger partial charge is 0.476 e. The molecule has 2 heterocycles. The first-order valence-electron chi connectivity index (χ1n) is 10.4. The predicted octanol–water partition coefficient (Wildman–Crippen LogP) is 3.26. The Bertz CT molecular complexity index is 1400. The second-order valence-corrected chi connectivity index (χ2v) is 9.40. The van der Waals surface area contributed by atoms with Crippen molar-refractivity contribution in [1.29, 1.82) is 0 Å². The summed E-state index contributed by atoms with van der Waals surface area (Å²) in [5.74, 6) is -0.119. The molecule has 0 unspecified atom stereocenters. The van der Waals surface area contributed by atoms with E-state index in [1.54, 1.807) is 36.1 Å². The zero-order chi connectivity index (χ0) is 25.1. The Labute approximate surface area is 215 Å². The van der Waals surface area contributed by atoms with Crippen molar-refractivity contribution in [2.24, 2.45) is 5.10 Å². The molecule has 0 bridgehead atoms. The van der Waals surface area contributed by atoms with Gasteiger partial charge in [-0.2, -0.15) is 9.78 Å². The zero-order valence-corrected chi connectivity index (χ0v) is 21.6. The van der Waals surface area contributed by atoms with E-state index in [2.05, 4.69) is 41.9 Å². The number of aryl methyl sites for hydroxylation is 1. The molecule has 0 saturated carbocycles. The van der Waals surface area contributed by atoms with Crippen molar-refractivity contribution >= 4 is 60.6 Å². The number of fused-ring (bicyclic) bond motifs is 1. The van der Waals surface area contributed by atoms with E-state index in [9.17, 15) is 19.7 Å². The van der Waals surface area contributed by atoms with Gasteiger partial charge < -0.3 is 14.4 Å². The summed E-state index contributed by atoms with van der Waals surface area (Å²) in [6.45, 7) is 2.92. The van der Waals surface area contributed by atoms with Crippen LogP contribution in [0.15, 0.2) is 49.2 Å². The number of hydrogen-bond donors (Lipinski definition) is 0. The molecule has 1 aromatic heterocycles. The molecule has 3 aromatic rings. The van der Waals surface area contributed by atoms with Crippen LogP contribution in [-0.2, 0) is 9.53 Å². The fraction of sp³-hybridized carbons (Fsp3) is 0.273. The van der Waals surface area contributed by atoms with Crippen LogP contribution in [0.5, 0.6) is 5.75 Å². The molecular weight excluding hydrogens is 590 g/mol. The van der Waals surface area contributed by atoms with Crippen LogP contribution in [0, 0.1) is 17.0 Å². The molecular formula is C22H19Br2N5O6. The van der Waals surface area contributed by atoms with E-state index >= 15 is 0 Å². The Morgan fingerprint density at radius 1 is 1.26 bits per heavy atom. The second-order valence-electron chi connectivity index (χ2n) is 7.56. The number of morpholine rings is 1. The van der Waals surface area contributed by atoms with Crippen LogP contribution >= 0.6 is 31.9 Å². The maximum atomic E-state index is 13.0. The van der Waals surface area contributed by atoms with E-state index in [0.717, 1.165) is 4.68 Å². The molecule has 13 heteroatoms. The van der Waals surface area contributed by atoms with Crippen molar-refractivity contribution in [2.45, 2.75) is 6.92 Å². The number of carbonyl (C=O) groups excluding carboxylic acids is 1. The lowest BCUT2D eigenvalue weighted by Crippen LogP contribution is -2.43. The summed E-state index contributed by atoms with van der Waals surface area (Å²) in [5, 5.41) is 16.3. The molecule has 0 aliphatic carbocycles. The first-order valence-corrected chi connectivity index (χ1v) is 12.0. The van der Waals surface area contributed by atoms with Gasteiger partial charge in [0.05, 0.1) is 35.3 Å². The highest BCUT2D eigenvalue weighted by Gasteiger charge is 2.23. The number of halogens is 2. The molecule has 2 aromatic carbocycles.